The molecule has 0 bridgehead atoms. The van der Waals surface area contributed by atoms with E-state index in [2.05, 4.69) is 15.4 Å². The van der Waals surface area contributed by atoms with Crippen LogP contribution in [0, 0.1) is 12.7 Å². The summed E-state index contributed by atoms with van der Waals surface area (Å²) in [4.78, 5) is 18.1. The van der Waals surface area contributed by atoms with Gasteiger partial charge in [0.05, 0.1) is 23.7 Å². The number of carbonyl (C=O) groups is 1. The molecule has 2 aromatic carbocycles. The molecular weight excluding hydrogens is 399 g/mol. The number of thiazole rings is 1. The van der Waals surface area contributed by atoms with Crippen molar-refractivity contribution in [1.82, 2.24) is 20.1 Å². The average molecular weight is 421 g/mol. The first-order valence-electron chi connectivity index (χ1n) is 9.61. The molecule has 5 nitrogen and oxygen atoms in total. The van der Waals surface area contributed by atoms with Gasteiger partial charge in [0.25, 0.3) is 0 Å². The summed E-state index contributed by atoms with van der Waals surface area (Å²) in [6.45, 7) is 3.01. The van der Waals surface area contributed by atoms with E-state index in [-0.39, 0.29) is 18.1 Å². The van der Waals surface area contributed by atoms with Crippen molar-refractivity contribution >= 4 is 17.2 Å². The fraction of sp³-hybridized carbons (Fsp3) is 0.174. The highest BCUT2D eigenvalue weighted by molar-refractivity contribution is 7.12. The number of hydrogen-bond donors (Lipinski definition) is 1. The van der Waals surface area contributed by atoms with Crippen molar-refractivity contribution in [2.75, 3.05) is 0 Å². The molecule has 0 aliphatic rings. The van der Waals surface area contributed by atoms with Gasteiger partial charge < -0.3 is 5.32 Å². The number of amides is 1. The summed E-state index contributed by atoms with van der Waals surface area (Å²) in [5.41, 5.74) is 3.72. The lowest BCUT2D eigenvalue weighted by Crippen LogP contribution is -2.25. The Morgan fingerprint density at radius 3 is 2.60 bits per heavy atom. The standard InChI is InChI=1S/C23H21FN4OS/c1-16-27-23(17-7-9-20(24)10-8-17)21(30-16)13-22(29)25-14-18-5-2-3-6-19(18)15-28-12-4-11-26-28/h2-12H,13-15H2,1H3,(H,25,29). The molecule has 1 N–H and O–H groups in total. The van der Waals surface area contributed by atoms with Crippen LogP contribution in [0.25, 0.3) is 11.3 Å². The van der Waals surface area contributed by atoms with Gasteiger partial charge in [-0.1, -0.05) is 24.3 Å². The maximum Gasteiger partial charge on any atom is 0.225 e. The summed E-state index contributed by atoms with van der Waals surface area (Å²) in [6.07, 6.45) is 3.90. The Hall–Kier alpha value is -3.32. The molecule has 2 heterocycles. The van der Waals surface area contributed by atoms with Gasteiger partial charge >= 0.3 is 0 Å². The number of benzene rings is 2. The first kappa shape index (κ1) is 20.0. The number of nitrogens with zero attached hydrogens (tertiary/aromatic N) is 3. The number of aryl methyl sites for hydroxylation is 1. The normalized spacial score (nSPS) is 10.9. The zero-order valence-electron chi connectivity index (χ0n) is 16.5. The SMILES string of the molecule is Cc1nc(-c2ccc(F)cc2)c(CC(=O)NCc2ccccc2Cn2cccn2)s1. The van der Waals surface area contributed by atoms with E-state index in [1.165, 1.54) is 23.5 Å². The topological polar surface area (TPSA) is 59.8 Å². The third-order valence-electron chi connectivity index (χ3n) is 4.73. The van der Waals surface area contributed by atoms with Crippen molar-refractivity contribution < 1.29 is 9.18 Å². The third-order valence-corrected chi connectivity index (χ3v) is 5.70. The van der Waals surface area contributed by atoms with Crippen LogP contribution in [-0.2, 0) is 24.3 Å². The molecule has 0 atom stereocenters. The number of halogens is 1. The fourth-order valence-corrected chi connectivity index (χ4v) is 4.23. The van der Waals surface area contributed by atoms with E-state index in [0.717, 1.165) is 32.3 Å². The molecule has 4 rings (SSSR count). The summed E-state index contributed by atoms with van der Waals surface area (Å²) in [7, 11) is 0. The van der Waals surface area contributed by atoms with Crippen molar-refractivity contribution in [2.24, 2.45) is 0 Å². The molecule has 30 heavy (non-hydrogen) atoms. The largest absolute Gasteiger partial charge is 0.352 e. The van der Waals surface area contributed by atoms with Crippen LogP contribution in [0.4, 0.5) is 4.39 Å². The molecule has 0 unspecified atom stereocenters. The number of carbonyl (C=O) groups excluding carboxylic acids is 1. The third kappa shape index (κ3) is 4.80. The van der Waals surface area contributed by atoms with Crippen molar-refractivity contribution in [3.05, 3.63) is 93.8 Å². The molecule has 152 valence electrons. The summed E-state index contributed by atoms with van der Waals surface area (Å²) in [5, 5.41) is 8.14. The van der Waals surface area contributed by atoms with Gasteiger partial charge in [-0.3, -0.25) is 9.48 Å². The molecular formula is C23H21FN4OS. The monoisotopic (exact) mass is 420 g/mol. The highest BCUT2D eigenvalue weighted by atomic mass is 32.1. The van der Waals surface area contributed by atoms with Crippen molar-refractivity contribution in [2.45, 2.75) is 26.4 Å². The summed E-state index contributed by atoms with van der Waals surface area (Å²) >= 11 is 1.49. The molecule has 7 heteroatoms. The Balaban J connectivity index is 1.44. The van der Waals surface area contributed by atoms with Gasteiger partial charge in [-0.2, -0.15) is 5.10 Å². The van der Waals surface area contributed by atoms with Gasteiger partial charge in [-0.25, -0.2) is 9.37 Å². The van der Waals surface area contributed by atoms with Crippen LogP contribution >= 0.6 is 11.3 Å². The Bertz CT molecular complexity index is 1140. The van der Waals surface area contributed by atoms with Crippen LogP contribution in [0.1, 0.15) is 21.0 Å². The lowest BCUT2D eigenvalue weighted by atomic mass is 10.1. The molecule has 0 radical (unpaired) electrons. The van der Waals surface area contributed by atoms with E-state index in [9.17, 15) is 9.18 Å². The number of nitrogens with one attached hydrogen (secondary N) is 1. The zero-order chi connectivity index (χ0) is 20.9. The highest BCUT2D eigenvalue weighted by Gasteiger charge is 2.15. The van der Waals surface area contributed by atoms with E-state index in [1.807, 2.05) is 48.1 Å². The molecule has 0 aliphatic heterocycles. The maximum absolute atomic E-state index is 13.2. The van der Waals surface area contributed by atoms with E-state index < -0.39 is 0 Å². The molecule has 2 aromatic heterocycles. The van der Waals surface area contributed by atoms with Crippen LogP contribution in [0.3, 0.4) is 0 Å². The highest BCUT2D eigenvalue weighted by Crippen LogP contribution is 2.28. The second-order valence-corrected chi connectivity index (χ2v) is 8.23. The zero-order valence-corrected chi connectivity index (χ0v) is 17.3. The second kappa shape index (κ2) is 9.00. The first-order valence-corrected chi connectivity index (χ1v) is 10.4. The molecule has 1 amide bonds. The second-order valence-electron chi connectivity index (χ2n) is 6.94. The number of aromatic nitrogens is 3. The van der Waals surface area contributed by atoms with Crippen molar-refractivity contribution in [1.29, 1.82) is 0 Å². The van der Waals surface area contributed by atoms with Crippen LogP contribution in [0.2, 0.25) is 0 Å². The molecule has 0 saturated carbocycles. The van der Waals surface area contributed by atoms with Gasteiger partial charge in [0.15, 0.2) is 0 Å². The van der Waals surface area contributed by atoms with E-state index in [1.54, 1.807) is 18.3 Å². The average Bonchev–Trinajstić information content (AvgIpc) is 3.37. The summed E-state index contributed by atoms with van der Waals surface area (Å²) in [5.74, 6) is -0.366. The first-order chi connectivity index (χ1) is 14.6. The smallest absolute Gasteiger partial charge is 0.225 e. The summed E-state index contributed by atoms with van der Waals surface area (Å²) < 4.78 is 15.1. The molecule has 0 spiro atoms. The Kier molecular flexibility index (Phi) is 5.99. The molecule has 0 aliphatic carbocycles. The minimum atomic E-state index is -0.293. The van der Waals surface area contributed by atoms with E-state index >= 15 is 0 Å². The lowest BCUT2D eigenvalue weighted by Gasteiger charge is -2.11. The summed E-state index contributed by atoms with van der Waals surface area (Å²) in [6, 6.07) is 16.1. The van der Waals surface area contributed by atoms with Gasteiger partial charge in [-0.05, 0) is 48.4 Å². The Morgan fingerprint density at radius 1 is 1.10 bits per heavy atom. The van der Waals surface area contributed by atoms with Gasteiger partial charge in [0, 0.05) is 29.4 Å². The molecule has 4 aromatic rings. The quantitative estimate of drug-likeness (QED) is 0.483. The lowest BCUT2D eigenvalue weighted by molar-refractivity contribution is -0.120. The van der Waals surface area contributed by atoms with Gasteiger partial charge in [0.1, 0.15) is 5.82 Å². The number of rotatable bonds is 7. The maximum atomic E-state index is 13.2. The predicted molar refractivity (Wildman–Crippen MR) is 116 cm³/mol. The number of hydrogen-bond acceptors (Lipinski definition) is 4. The Morgan fingerprint density at radius 2 is 1.87 bits per heavy atom. The molecule has 0 fully saturated rings. The van der Waals surface area contributed by atoms with Crippen LogP contribution in [0.5, 0.6) is 0 Å². The van der Waals surface area contributed by atoms with E-state index in [4.69, 9.17) is 0 Å². The molecule has 0 saturated heterocycles. The minimum Gasteiger partial charge on any atom is -0.352 e. The van der Waals surface area contributed by atoms with Gasteiger partial charge in [0.2, 0.25) is 5.91 Å². The Labute approximate surface area is 178 Å². The van der Waals surface area contributed by atoms with Crippen molar-refractivity contribution in [3.8, 4) is 11.3 Å². The predicted octanol–water partition coefficient (Wildman–Crippen LogP) is 4.36. The van der Waals surface area contributed by atoms with Crippen molar-refractivity contribution in [3.63, 3.8) is 0 Å². The van der Waals surface area contributed by atoms with E-state index in [0.29, 0.717) is 13.1 Å². The minimum absolute atomic E-state index is 0.0732. The van der Waals surface area contributed by atoms with Gasteiger partial charge in [-0.15, -0.1) is 11.3 Å². The fourth-order valence-electron chi connectivity index (χ4n) is 3.28. The van der Waals surface area contributed by atoms with Crippen LogP contribution in [0.15, 0.2) is 67.0 Å². The van der Waals surface area contributed by atoms with Crippen LogP contribution in [-0.4, -0.2) is 20.7 Å². The van der Waals surface area contributed by atoms with Crippen LogP contribution < -0.4 is 5.32 Å².